The van der Waals surface area contributed by atoms with Crippen molar-refractivity contribution in [2.45, 2.75) is 31.6 Å². The van der Waals surface area contributed by atoms with Crippen molar-refractivity contribution in [3.63, 3.8) is 0 Å². The Balaban J connectivity index is 1.44. The molecule has 0 spiro atoms. The number of carbonyl (C=O) groups excluding carboxylic acids is 1. The Morgan fingerprint density at radius 2 is 1.72 bits per heavy atom. The first kappa shape index (κ1) is 22.0. The standard InChI is InChI=1S/C19H26F3N3O3S/c20-19(21,22)16-4-2-15(3-5-16)12-24-7-1-8-25(10-9-24)13-18(26)23-17-6-11-29(27,28)14-17/h2-5,17H,1,6-14H2,(H,23,26). The first-order valence-electron chi connectivity index (χ1n) is 9.71. The fourth-order valence-electron chi connectivity index (χ4n) is 3.78. The second-order valence-electron chi connectivity index (χ2n) is 7.77. The third-order valence-electron chi connectivity index (χ3n) is 5.33. The number of hydrogen-bond acceptors (Lipinski definition) is 5. The maximum atomic E-state index is 12.7. The van der Waals surface area contributed by atoms with Gasteiger partial charge in [-0.05, 0) is 43.6 Å². The number of halogens is 3. The molecule has 0 radical (unpaired) electrons. The zero-order valence-corrected chi connectivity index (χ0v) is 16.9. The highest BCUT2D eigenvalue weighted by molar-refractivity contribution is 7.91. The summed E-state index contributed by atoms with van der Waals surface area (Å²) in [5.41, 5.74) is 0.177. The van der Waals surface area contributed by atoms with E-state index in [2.05, 4.69) is 10.2 Å². The predicted octanol–water partition coefficient (Wildman–Crippen LogP) is 1.52. The summed E-state index contributed by atoms with van der Waals surface area (Å²) in [4.78, 5) is 16.4. The van der Waals surface area contributed by atoms with Crippen molar-refractivity contribution in [2.24, 2.45) is 0 Å². The molecule has 6 nitrogen and oxygen atoms in total. The van der Waals surface area contributed by atoms with E-state index in [1.54, 1.807) is 0 Å². The van der Waals surface area contributed by atoms with Crippen LogP contribution in [0.2, 0.25) is 0 Å². The van der Waals surface area contributed by atoms with Crippen LogP contribution in [0.5, 0.6) is 0 Å². The van der Waals surface area contributed by atoms with Gasteiger partial charge in [-0.15, -0.1) is 0 Å². The van der Waals surface area contributed by atoms with E-state index in [-0.39, 0.29) is 30.0 Å². The summed E-state index contributed by atoms with van der Waals surface area (Å²) in [5.74, 6) is -0.0245. The average molecular weight is 433 g/mol. The highest BCUT2D eigenvalue weighted by Gasteiger charge is 2.30. The van der Waals surface area contributed by atoms with Gasteiger partial charge in [-0.1, -0.05) is 12.1 Å². The zero-order valence-electron chi connectivity index (χ0n) is 16.1. The molecule has 0 bridgehead atoms. The van der Waals surface area contributed by atoms with Gasteiger partial charge in [0.15, 0.2) is 9.84 Å². The molecular weight excluding hydrogens is 407 g/mol. The number of hydrogen-bond donors (Lipinski definition) is 1. The topological polar surface area (TPSA) is 69.7 Å². The van der Waals surface area contributed by atoms with Crippen LogP contribution in [0.3, 0.4) is 0 Å². The minimum Gasteiger partial charge on any atom is -0.351 e. The maximum Gasteiger partial charge on any atom is 0.416 e. The lowest BCUT2D eigenvalue weighted by molar-refractivity contribution is -0.137. The highest BCUT2D eigenvalue weighted by Crippen LogP contribution is 2.29. The minimum atomic E-state index is -4.33. The van der Waals surface area contributed by atoms with E-state index in [1.165, 1.54) is 12.1 Å². The molecule has 162 valence electrons. The van der Waals surface area contributed by atoms with Crippen molar-refractivity contribution in [3.8, 4) is 0 Å². The van der Waals surface area contributed by atoms with E-state index in [1.807, 2.05) is 4.90 Å². The van der Waals surface area contributed by atoms with Crippen LogP contribution in [0.15, 0.2) is 24.3 Å². The van der Waals surface area contributed by atoms with E-state index >= 15 is 0 Å². The van der Waals surface area contributed by atoms with Crippen molar-refractivity contribution in [2.75, 3.05) is 44.2 Å². The van der Waals surface area contributed by atoms with Crippen molar-refractivity contribution >= 4 is 15.7 Å². The van der Waals surface area contributed by atoms with E-state index in [0.29, 0.717) is 26.1 Å². The SMILES string of the molecule is O=C(CN1CCCN(Cc2ccc(C(F)(F)F)cc2)CC1)NC1CCS(=O)(=O)C1. The number of rotatable bonds is 5. The average Bonchev–Trinajstić information content (AvgIpc) is 2.82. The smallest absolute Gasteiger partial charge is 0.351 e. The molecule has 2 heterocycles. The number of amides is 1. The summed E-state index contributed by atoms with van der Waals surface area (Å²) in [7, 11) is -3.03. The van der Waals surface area contributed by atoms with Gasteiger partial charge in [0.05, 0.1) is 23.6 Å². The first-order valence-corrected chi connectivity index (χ1v) is 11.5. The molecule has 1 aromatic rings. The van der Waals surface area contributed by atoms with Crippen molar-refractivity contribution < 1.29 is 26.4 Å². The van der Waals surface area contributed by atoms with Gasteiger partial charge in [0, 0.05) is 25.7 Å². The normalized spacial score (nSPS) is 23.6. The Bertz CT molecular complexity index is 812. The van der Waals surface area contributed by atoms with Gasteiger partial charge in [-0.25, -0.2) is 8.42 Å². The van der Waals surface area contributed by atoms with E-state index < -0.39 is 21.6 Å². The molecule has 2 aliphatic heterocycles. The molecule has 2 fully saturated rings. The minimum absolute atomic E-state index is 0.0135. The summed E-state index contributed by atoms with van der Waals surface area (Å²) >= 11 is 0. The Kier molecular flexibility index (Phi) is 6.85. The Hall–Kier alpha value is -1.65. The number of nitrogens with one attached hydrogen (secondary N) is 1. The fourth-order valence-corrected chi connectivity index (χ4v) is 5.46. The quantitative estimate of drug-likeness (QED) is 0.763. The molecule has 1 N–H and O–H groups in total. The molecule has 29 heavy (non-hydrogen) atoms. The van der Waals surface area contributed by atoms with Crippen molar-refractivity contribution in [1.82, 2.24) is 15.1 Å². The Labute approximate surface area is 169 Å². The summed E-state index contributed by atoms with van der Waals surface area (Å²) in [5, 5.41) is 2.81. The lowest BCUT2D eigenvalue weighted by Gasteiger charge is -2.22. The van der Waals surface area contributed by atoms with Gasteiger partial charge in [0.1, 0.15) is 0 Å². The highest BCUT2D eigenvalue weighted by atomic mass is 32.2. The number of alkyl halides is 3. The maximum absolute atomic E-state index is 12.7. The molecule has 2 saturated heterocycles. The van der Waals surface area contributed by atoms with Crippen LogP contribution >= 0.6 is 0 Å². The fraction of sp³-hybridized carbons (Fsp3) is 0.632. The van der Waals surface area contributed by atoms with E-state index in [9.17, 15) is 26.4 Å². The number of benzene rings is 1. The van der Waals surface area contributed by atoms with E-state index in [4.69, 9.17) is 0 Å². The third-order valence-corrected chi connectivity index (χ3v) is 7.10. The second kappa shape index (κ2) is 9.01. The van der Waals surface area contributed by atoms with Gasteiger partial charge in [0.2, 0.25) is 5.91 Å². The second-order valence-corrected chi connectivity index (χ2v) is 10.00. The molecule has 0 aromatic heterocycles. The largest absolute Gasteiger partial charge is 0.416 e. The lowest BCUT2D eigenvalue weighted by atomic mass is 10.1. The number of carbonyl (C=O) groups is 1. The Morgan fingerprint density at radius 3 is 2.34 bits per heavy atom. The van der Waals surface area contributed by atoms with Gasteiger partial charge >= 0.3 is 6.18 Å². The summed E-state index contributed by atoms with van der Waals surface area (Å²) in [6.07, 6.45) is -3.01. The zero-order chi connectivity index (χ0) is 21.1. The van der Waals surface area contributed by atoms with Crippen LogP contribution in [-0.4, -0.2) is 74.4 Å². The molecule has 3 rings (SSSR count). The van der Waals surface area contributed by atoms with Crippen LogP contribution in [0, 0.1) is 0 Å². The number of sulfone groups is 1. The van der Waals surface area contributed by atoms with Crippen LogP contribution in [0.25, 0.3) is 0 Å². The molecule has 0 aliphatic carbocycles. The molecule has 1 aromatic carbocycles. The Morgan fingerprint density at radius 1 is 1.07 bits per heavy atom. The summed E-state index contributed by atoms with van der Waals surface area (Å²) in [6, 6.07) is 4.93. The molecular formula is C19H26F3N3O3S. The van der Waals surface area contributed by atoms with Crippen molar-refractivity contribution in [1.29, 1.82) is 0 Å². The monoisotopic (exact) mass is 433 g/mol. The van der Waals surface area contributed by atoms with Crippen LogP contribution in [0.4, 0.5) is 13.2 Å². The molecule has 10 heteroatoms. The van der Waals surface area contributed by atoms with Gasteiger partial charge in [0.25, 0.3) is 0 Å². The molecule has 1 amide bonds. The lowest BCUT2D eigenvalue weighted by Crippen LogP contribution is -2.43. The summed E-state index contributed by atoms with van der Waals surface area (Å²) < 4.78 is 61.0. The number of nitrogens with zero attached hydrogens (tertiary/aromatic N) is 2. The predicted molar refractivity (Wildman–Crippen MR) is 103 cm³/mol. The molecule has 1 unspecified atom stereocenters. The first-order chi connectivity index (χ1) is 13.6. The third kappa shape index (κ3) is 6.68. The molecule has 1 atom stereocenters. The summed E-state index contributed by atoms with van der Waals surface area (Å²) in [6.45, 7) is 3.74. The van der Waals surface area contributed by atoms with Gasteiger partial charge in [-0.2, -0.15) is 13.2 Å². The van der Waals surface area contributed by atoms with Crippen LogP contribution in [-0.2, 0) is 27.4 Å². The van der Waals surface area contributed by atoms with Crippen molar-refractivity contribution in [3.05, 3.63) is 35.4 Å². The van der Waals surface area contributed by atoms with Gasteiger partial charge < -0.3 is 5.32 Å². The van der Waals surface area contributed by atoms with E-state index in [0.717, 1.165) is 37.2 Å². The molecule has 0 saturated carbocycles. The van der Waals surface area contributed by atoms with Gasteiger partial charge in [-0.3, -0.25) is 14.6 Å². The van der Waals surface area contributed by atoms with Crippen LogP contribution in [0.1, 0.15) is 24.0 Å². The van der Waals surface area contributed by atoms with Crippen LogP contribution < -0.4 is 5.32 Å². The molecule has 2 aliphatic rings.